The van der Waals surface area contributed by atoms with Crippen LogP contribution >= 0.6 is 22.6 Å². The molecule has 0 bridgehead atoms. The molecule has 0 aliphatic rings. The minimum Gasteiger partial charge on any atom is -0.298 e. The van der Waals surface area contributed by atoms with E-state index in [0.717, 1.165) is 0 Å². The fourth-order valence-corrected chi connectivity index (χ4v) is 1.39. The smallest absolute Gasteiger partial charge is 0.152 e. The van der Waals surface area contributed by atoms with E-state index in [9.17, 15) is 4.79 Å². The van der Waals surface area contributed by atoms with Gasteiger partial charge in [-0.25, -0.2) is 4.72 Å². The van der Waals surface area contributed by atoms with Crippen molar-refractivity contribution in [3.8, 4) is 0 Å². The fraction of sp³-hybridized carbons (Fsp3) is 0.833. The molecule has 60 valence electrons. The Morgan fingerprint density at radius 1 is 1.50 bits per heavy atom. The normalized spacial score (nSPS) is 13.7. The molecule has 0 saturated heterocycles. The van der Waals surface area contributed by atoms with E-state index < -0.39 is 0 Å². The van der Waals surface area contributed by atoms with E-state index in [4.69, 9.17) is 0 Å². The first-order chi connectivity index (χ1) is 4.59. The zero-order chi connectivity index (χ0) is 8.15. The fourth-order valence-electron chi connectivity index (χ4n) is 0.637. The number of hydrogen-bond donors (Lipinski definition) is 2. The van der Waals surface area contributed by atoms with Gasteiger partial charge in [-0.05, 0) is 17.9 Å². The molecule has 0 heterocycles. The largest absolute Gasteiger partial charge is 0.298 e. The molecule has 0 unspecified atom stereocenters. The summed E-state index contributed by atoms with van der Waals surface area (Å²) in [5.74, 6) is 0.324. The Kier molecular flexibility index (Phi) is 5.21. The molecule has 0 radical (unpaired) electrons. The molecule has 0 aliphatic heterocycles. The maximum absolute atomic E-state index is 11.1. The van der Waals surface area contributed by atoms with Crippen molar-refractivity contribution >= 4 is 28.4 Å². The molecule has 1 N–H and O–H groups in total. The molecule has 0 amide bonds. The van der Waals surface area contributed by atoms with Crippen LogP contribution in [0.1, 0.15) is 20.8 Å². The van der Waals surface area contributed by atoms with Gasteiger partial charge in [-0.15, -0.1) is 0 Å². The lowest BCUT2D eigenvalue weighted by Crippen LogP contribution is -2.31. The van der Waals surface area contributed by atoms with Gasteiger partial charge in [0.05, 0.1) is 6.04 Å². The van der Waals surface area contributed by atoms with Gasteiger partial charge in [-0.1, -0.05) is 25.5 Å². The second-order valence-corrected chi connectivity index (χ2v) is 3.45. The number of ketones is 1. The number of carbonyl (C=O) groups excluding carboxylic acids is 1. The standard InChI is InChI=1S/C6H13NOS2/c1-4(2)6(8)5(3)7-10-9/h4-5,7,9H,1-3H3/t5-/m1/s1. The van der Waals surface area contributed by atoms with Gasteiger partial charge < -0.3 is 0 Å². The van der Waals surface area contributed by atoms with Crippen LogP contribution in [-0.4, -0.2) is 11.8 Å². The second kappa shape index (κ2) is 5.04. The summed E-state index contributed by atoms with van der Waals surface area (Å²) in [6.45, 7) is 5.62. The summed E-state index contributed by atoms with van der Waals surface area (Å²) in [7, 11) is 1.18. The van der Waals surface area contributed by atoms with E-state index in [1.807, 2.05) is 20.8 Å². The Morgan fingerprint density at radius 2 is 2.00 bits per heavy atom. The Hall–Kier alpha value is 0.330. The maximum atomic E-state index is 11.1. The number of carbonyl (C=O) groups is 1. The van der Waals surface area contributed by atoms with Gasteiger partial charge in [0, 0.05) is 5.92 Å². The van der Waals surface area contributed by atoms with E-state index in [2.05, 4.69) is 16.4 Å². The molecule has 1 atom stereocenters. The molecule has 0 aromatic rings. The zero-order valence-electron chi connectivity index (χ0n) is 6.42. The predicted octanol–water partition coefficient (Wildman–Crippen LogP) is 1.68. The first-order valence-corrected chi connectivity index (χ1v) is 5.06. The lowest BCUT2D eigenvalue weighted by atomic mass is 10.0. The third kappa shape index (κ3) is 3.49. The molecular weight excluding hydrogens is 166 g/mol. The van der Waals surface area contributed by atoms with Crippen LogP contribution < -0.4 is 4.72 Å². The molecule has 0 spiro atoms. The Balaban J connectivity index is 3.71. The number of thiol groups is 1. The van der Waals surface area contributed by atoms with E-state index in [-0.39, 0.29) is 17.7 Å². The highest BCUT2D eigenvalue weighted by Crippen LogP contribution is 2.05. The highest BCUT2D eigenvalue weighted by atomic mass is 33.1. The molecule has 0 fully saturated rings. The minimum absolute atomic E-state index is 0.0949. The van der Waals surface area contributed by atoms with E-state index in [0.29, 0.717) is 0 Å². The van der Waals surface area contributed by atoms with Gasteiger partial charge in [0.2, 0.25) is 0 Å². The number of hydrogen-bond acceptors (Lipinski definition) is 4. The van der Waals surface area contributed by atoms with Crippen molar-refractivity contribution in [2.45, 2.75) is 26.8 Å². The van der Waals surface area contributed by atoms with Crippen molar-refractivity contribution in [2.24, 2.45) is 5.92 Å². The third-order valence-electron chi connectivity index (χ3n) is 1.23. The van der Waals surface area contributed by atoms with Crippen molar-refractivity contribution in [1.82, 2.24) is 4.72 Å². The summed E-state index contributed by atoms with van der Waals surface area (Å²) < 4.78 is 2.86. The van der Waals surface area contributed by atoms with Crippen LogP contribution in [0.5, 0.6) is 0 Å². The SMILES string of the molecule is CC(C)C(=O)[C@@H](C)NSS. The van der Waals surface area contributed by atoms with Crippen LogP contribution in [0.15, 0.2) is 0 Å². The molecule has 0 aromatic carbocycles. The van der Waals surface area contributed by atoms with Crippen molar-refractivity contribution in [3.05, 3.63) is 0 Å². The van der Waals surface area contributed by atoms with Gasteiger partial charge in [-0.2, -0.15) is 0 Å². The molecule has 2 nitrogen and oxygen atoms in total. The summed E-state index contributed by atoms with van der Waals surface area (Å²) in [5, 5.41) is 0. The van der Waals surface area contributed by atoms with Crippen LogP contribution in [0.2, 0.25) is 0 Å². The van der Waals surface area contributed by atoms with Crippen LogP contribution in [-0.2, 0) is 4.79 Å². The van der Waals surface area contributed by atoms with Crippen molar-refractivity contribution in [1.29, 1.82) is 0 Å². The van der Waals surface area contributed by atoms with Gasteiger partial charge in [0.1, 0.15) is 0 Å². The van der Waals surface area contributed by atoms with Crippen molar-refractivity contribution in [2.75, 3.05) is 0 Å². The number of Topliss-reactive ketones (excluding diaryl/α,β-unsaturated/α-hetero) is 1. The quantitative estimate of drug-likeness (QED) is 0.391. The average molecular weight is 179 g/mol. The highest BCUT2D eigenvalue weighted by molar-refractivity contribution is 8.67. The van der Waals surface area contributed by atoms with Gasteiger partial charge in [-0.3, -0.25) is 4.79 Å². The van der Waals surface area contributed by atoms with Crippen LogP contribution in [0.3, 0.4) is 0 Å². The van der Waals surface area contributed by atoms with Crippen LogP contribution in [0.4, 0.5) is 0 Å². The van der Waals surface area contributed by atoms with Crippen molar-refractivity contribution in [3.63, 3.8) is 0 Å². The maximum Gasteiger partial charge on any atom is 0.152 e. The molecule has 0 rings (SSSR count). The first kappa shape index (κ1) is 10.3. The highest BCUT2D eigenvalue weighted by Gasteiger charge is 2.14. The third-order valence-corrected chi connectivity index (χ3v) is 2.00. The summed E-state index contributed by atoms with van der Waals surface area (Å²) in [6, 6.07) is -0.0949. The van der Waals surface area contributed by atoms with Gasteiger partial charge in [0.25, 0.3) is 0 Å². The van der Waals surface area contributed by atoms with Gasteiger partial charge in [0.15, 0.2) is 5.78 Å². The predicted molar refractivity (Wildman–Crippen MR) is 49.0 cm³/mol. The first-order valence-electron chi connectivity index (χ1n) is 3.19. The Morgan fingerprint density at radius 3 is 2.30 bits per heavy atom. The monoisotopic (exact) mass is 179 g/mol. The minimum atomic E-state index is -0.0949. The second-order valence-electron chi connectivity index (χ2n) is 2.49. The lowest BCUT2D eigenvalue weighted by molar-refractivity contribution is -0.123. The lowest BCUT2D eigenvalue weighted by Gasteiger charge is -2.11. The Labute approximate surface area is 71.1 Å². The topological polar surface area (TPSA) is 29.1 Å². The van der Waals surface area contributed by atoms with Crippen molar-refractivity contribution < 1.29 is 4.79 Å². The van der Waals surface area contributed by atoms with Crippen LogP contribution in [0, 0.1) is 5.92 Å². The number of nitrogens with one attached hydrogen (secondary N) is 1. The number of rotatable bonds is 4. The zero-order valence-corrected chi connectivity index (χ0v) is 8.13. The average Bonchev–Trinajstić information content (AvgIpc) is 1.87. The van der Waals surface area contributed by atoms with E-state index in [1.165, 1.54) is 11.0 Å². The van der Waals surface area contributed by atoms with E-state index in [1.54, 1.807) is 0 Å². The van der Waals surface area contributed by atoms with Crippen LogP contribution in [0.25, 0.3) is 0 Å². The Bertz CT molecular complexity index is 116. The summed E-state index contributed by atoms with van der Waals surface area (Å²) in [5.41, 5.74) is 0. The molecule has 0 aliphatic carbocycles. The van der Waals surface area contributed by atoms with E-state index >= 15 is 0 Å². The summed E-state index contributed by atoms with van der Waals surface area (Å²) in [6.07, 6.45) is 0. The molecule has 10 heavy (non-hydrogen) atoms. The molecular formula is C6H13NOS2. The summed E-state index contributed by atoms with van der Waals surface area (Å²) >= 11 is 3.88. The molecule has 0 aromatic heterocycles. The van der Waals surface area contributed by atoms with Gasteiger partial charge >= 0.3 is 0 Å². The summed E-state index contributed by atoms with van der Waals surface area (Å²) in [4.78, 5) is 11.1. The molecule has 0 saturated carbocycles. The molecule has 4 heteroatoms.